The Labute approximate surface area is 114 Å². The fourth-order valence-electron chi connectivity index (χ4n) is 2.22. The molecule has 4 N–H and O–H groups in total. The van der Waals surface area contributed by atoms with E-state index in [2.05, 4.69) is 27.6 Å². The van der Waals surface area contributed by atoms with E-state index in [9.17, 15) is 0 Å². The summed E-state index contributed by atoms with van der Waals surface area (Å²) in [6, 6.07) is 0. The second kappa shape index (κ2) is 5.71. The van der Waals surface area contributed by atoms with Crippen LogP contribution in [-0.4, -0.2) is 28.7 Å². The summed E-state index contributed by atoms with van der Waals surface area (Å²) in [5.41, 5.74) is 3.62. The van der Waals surface area contributed by atoms with Gasteiger partial charge in [0.05, 0.1) is 0 Å². The molecule has 0 unspecified atom stereocenters. The maximum atomic E-state index is 5.52. The molecule has 2 heterocycles. The van der Waals surface area contributed by atoms with Crippen LogP contribution in [-0.2, 0) is 11.2 Å². The van der Waals surface area contributed by atoms with Gasteiger partial charge in [0.1, 0.15) is 17.5 Å². The van der Waals surface area contributed by atoms with E-state index in [1.54, 1.807) is 0 Å². The minimum atomic E-state index is 0.0221. The first kappa shape index (κ1) is 14.0. The van der Waals surface area contributed by atoms with Gasteiger partial charge in [-0.1, -0.05) is 6.92 Å². The van der Waals surface area contributed by atoms with Gasteiger partial charge in [-0.3, -0.25) is 0 Å². The Morgan fingerprint density at radius 1 is 1.26 bits per heavy atom. The molecule has 1 saturated heterocycles. The number of nitrogens with one attached hydrogen (secondary N) is 2. The lowest BCUT2D eigenvalue weighted by Crippen LogP contribution is -2.41. The van der Waals surface area contributed by atoms with Crippen molar-refractivity contribution < 1.29 is 4.74 Å². The van der Waals surface area contributed by atoms with E-state index in [0.29, 0.717) is 5.82 Å². The number of hydrogen-bond acceptors (Lipinski definition) is 6. The minimum Gasteiger partial charge on any atom is -0.381 e. The summed E-state index contributed by atoms with van der Waals surface area (Å²) in [4.78, 5) is 8.95. The molecular formula is C13H23N5O. The fourth-order valence-corrected chi connectivity index (χ4v) is 2.22. The van der Waals surface area contributed by atoms with E-state index in [4.69, 9.17) is 10.6 Å². The van der Waals surface area contributed by atoms with Crippen molar-refractivity contribution in [2.45, 2.75) is 45.6 Å². The van der Waals surface area contributed by atoms with Gasteiger partial charge >= 0.3 is 0 Å². The van der Waals surface area contributed by atoms with Crippen LogP contribution in [0.3, 0.4) is 0 Å². The van der Waals surface area contributed by atoms with E-state index in [1.807, 2.05) is 13.8 Å². The predicted molar refractivity (Wildman–Crippen MR) is 76.0 cm³/mol. The van der Waals surface area contributed by atoms with Crippen molar-refractivity contribution in [2.75, 3.05) is 24.0 Å². The second-order valence-corrected chi connectivity index (χ2v) is 5.26. The highest BCUT2D eigenvalue weighted by Gasteiger charge is 2.28. The van der Waals surface area contributed by atoms with Gasteiger partial charge in [0.25, 0.3) is 0 Å². The predicted octanol–water partition coefficient (Wildman–Crippen LogP) is 1.61. The van der Waals surface area contributed by atoms with Gasteiger partial charge in [-0.2, -0.15) is 0 Å². The van der Waals surface area contributed by atoms with Crippen LogP contribution in [0, 0.1) is 6.92 Å². The molecule has 2 rings (SSSR count). The highest BCUT2D eigenvalue weighted by molar-refractivity contribution is 5.57. The zero-order chi connectivity index (χ0) is 13.9. The number of aromatic nitrogens is 2. The number of nitrogen functional groups attached to an aromatic ring is 1. The topological polar surface area (TPSA) is 85.1 Å². The van der Waals surface area contributed by atoms with Gasteiger partial charge in [-0.15, -0.1) is 0 Å². The number of ether oxygens (including phenoxy) is 1. The maximum Gasteiger partial charge on any atom is 0.148 e. The van der Waals surface area contributed by atoms with E-state index >= 15 is 0 Å². The third-order valence-corrected chi connectivity index (χ3v) is 3.66. The van der Waals surface area contributed by atoms with Gasteiger partial charge in [-0.25, -0.2) is 15.8 Å². The highest BCUT2D eigenvalue weighted by atomic mass is 16.5. The molecule has 0 bridgehead atoms. The van der Waals surface area contributed by atoms with Crippen molar-refractivity contribution in [1.82, 2.24) is 9.97 Å². The van der Waals surface area contributed by atoms with E-state index in [1.165, 1.54) is 0 Å². The Bertz CT molecular complexity index is 443. The quantitative estimate of drug-likeness (QED) is 0.566. The first-order chi connectivity index (χ1) is 9.08. The van der Waals surface area contributed by atoms with Gasteiger partial charge in [0.15, 0.2) is 0 Å². The monoisotopic (exact) mass is 265 g/mol. The molecular weight excluding hydrogens is 242 g/mol. The summed E-state index contributed by atoms with van der Waals surface area (Å²) in [6.45, 7) is 7.79. The highest BCUT2D eigenvalue weighted by Crippen LogP contribution is 2.28. The van der Waals surface area contributed by atoms with Crippen LogP contribution in [0.15, 0.2) is 0 Å². The number of nitrogens with two attached hydrogens (primary N) is 1. The van der Waals surface area contributed by atoms with Crippen LogP contribution < -0.4 is 16.6 Å². The van der Waals surface area contributed by atoms with Crippen molar-refractivity contribution in [3.05, 3.63) is 11.4 Å². The van der Waals surface area contributed by atoms with Crippen LogP contribution in [0.4, 0.5) is 11.6 Å². The molecule has 6 heteroatoms. The largest absolute Gasteiger partial charge is 0.381 e. The Kier molecular flexibility index (Phi) is 4.21. The van der Waals surface area contributed by atoms with Gasteiger partial charge in [-0.05, 0) is 26.7 Å². The summed E-state index contributed by atoms with van der Waals surface area (Å²) < 4.78 is 5.42. The van der Waals surface area contributed by atoms with Crippen LogP contribution in [0.1, 0.15) is 38.1 Å². The SMILES string of the molecule is CCc1nc(NN)c(C)c(NC2(C)CCOCC2)n1. The molecule has 1 aromatic rings. The first-order valence-electron chi connectivity index (χ1n) is 6.78. The molecule has 0 aromatic carbocycles. The Morgan fingerprint density at radius 2 is 1.89 bits per heavy atom. The third kappa shape index (κ3) is 3.13. The van der Waals surface area contributed by atoms with Gasteiger partial charge in [0.2, 0.25) is 0 Å². The molecule has 1 fully saturated rings. The fraction of sp³-hybridized carbons (Fsp3) is 0.692. The van der Waals surface area contributed by atoms with Crippen molar-refractivity contribution >= 4 is 11.6 Å². The van der Waals surface area contributed by atoms with Crippen LogP contribution in [0.5, 0.6) is 0 Å². The van der Waals surface area contributed by atoms with E-state index < -0.39 is 0 Å². The van der Waals surface area contributed by atoms with Gasteiger partial charge < -0.3 is 15.5 Å². The normalized spacial score (nSPS) is 18.1. The van der Waals surface area contributed by atoms with Crippen LogP contribution in [0.25, 0.3) is 0 Å². The van der Waals surface area contributed by atoms with Crippen molar-refractivity contribution in [3.63, 3.8) is 0 Å². The van der Waals surface area contributed by atoms with Crippen molar-refractivity contribution in [1.29, 1.82) is 0 Å². The molecule has 0 spiro atoms. The number of rotatable bonds is 4. The number of nitrogens with zero attached hydrogens (tertiary/aromatic N) is 2. The lowest BCUT2D eigenvalue weighted by atomic mass is 9.92. The minimum absolute atomic E-state index is 0.0221. The number of aryl methyl sites for hydroxylation is 1. The first-order valence-corrected chi connectivity index (χ1v) is 6.78. The Balaban J connectivity index is 2.27. The molecule has 0 amide bonds. The summed E-state index contributed by atoms with van der Waals surface area (Å²) in [5.74, 6) is 7.86. The molecule has 0 radical (unpaired) electrons. The molecule has 1 aromatic heterocycles. The van der Waals surface area contributed by atoms with E-state index in [-0.39, 0.29) is 5.54 Å². The zero-order valence-electron chi connectivity index (χ0n) is 11.9. The maximum absolute atomic E-state index is 5.52. The van der Waals surface area contributed by atoms with E-state index in [0.717, 1.165) is 49.7 Å². The number of anilines is 2. The summed E-state index contributed by atoms with van der Waals surface area (Å²) in [6.07, 6.45) is 2.73. The lowest BCUT2D eigenvalue weighted by molar-refractivity contribution is 0.0657. The average molecular weight is 265 g/mol. The van der Waals surface area contributed by atoms with Gasteiger partial charge in [0, 0.05) is 30.7 Å². The third-order valence-electron chi connectivity index (χ3n) is 3.66. The lowest BCUT2D eigenvalue weighted by Gasteiger charge is -2.35. The summed E-state index contributed by atoms with van der Waals surface area (Å²) in [7, 11) is 0. The molecule has 1 aliphatic heterocycles. The van der Waals surface area contributed by atoms with Crippen molar-refractivity contribution in [2.24, 2.45) is 5.84 Å². The molecule has 19 heavy (non-hydrogen) atoms. The molecule has 0 aliphatic carbocycles. The zero-order valence-corrected chi connectivity index (χ0v) is 11.9. The number of hydrazine groups is 1. The molecule has 106 valence electrons. The standard InChI is InChI=1S/C13H23N5O/c1-4-10-15-11(9(2)12(16-10)18-14)17-13(3)5-7-19-8-6-13/h4-8,14H2,1-3H3,(H2,15,16,17,18). The molecule has 6 nitrogen and oxygen atoms in total. The van der Waals surface area contributed by atoms with Crippen LogP contribution in [0.2, 0.25) is 0 Å². The number of hydrogen-bond donors (Lipinski definition) is 3. The molecule has 0 saturated carbocycles. The summed E-state index contributed by atoms with van der Waals surface area (Å²) >= 11 is 0. The second-order valence-electron chi connectivity index (χ2n) is 5.26. The Hall–Kier alpha value is -1.40. The Morgan fingerprint density at radius 3 is 2.47 bits per heavy atom. The van der Waals surface area contributed by atoms with Crippen LogP contribution >= 0.6 is 0 Å². The summed E-state index contributed by atoms with van der Waals surface area (Å²) in [5, 5.41) is 3.55. The molecule has 1 aliphatic rings. The molecule has 0 atom stereocenters. The average Bonchev–Trinajstić information content (AvgIpc) is 2.41. The smallest absolute Gasteiger partial charge is 0.148 e. The van der Waals surface area contributed by atoms with Crippen molar-refractivity contribution in [3.8, 4) is 0 Å².